The maximum Gasteiger partial charge on any atom is 0.307 e. The van der Waals surface area contributed by atoms with Crippen molar-refractivity contribution in [2.75, 3.05) is 46.4 Å². The zero-order valence-corrected chi connectivity index (χ0v) is 10.3. The number of methoxy groups -OCH3 is 1. The van der Waals surface area contributed by atoms with Gasteiger partial charge in [-0.1, -0.05) is 0 Å². The molecule has 1 fully saturated rings. The van der Waals surface area contributed by atoms with E-state index in [0.29, 0.717) is 13.1 Å². The van der Waals surface area contributed by atoms with Gasteiger partial charge in [0, 0.05) is 19.6 Å². The summed E-state index contributed by atoms with van der Waals surface area (Å²) >= 11 is 0. The van der Waals surface area contributed by atoms with Gasteiger partial charge in [0.1, 0.15) is 0 Å². The maximum atomic E-state index is 11.6. The van der Waals surface area contributed by atoms with Crippen LogP contribution in [0.25, 0.3) is 0 Å². The van der Waals surface area contributed by atoms with Gasteiger partial charge in [0.25, 0.3) is 0 Å². The van der Waals surface area contributed by atoms with E-state index in [1.54, 1.807) is 0 Å². The second-order valence-corrected chi connectivity index (χ2v) is 4.06. The molecule has 2 N–H and O–H groups in total. The molecular weight excluding hydrogens is 222 g/mol. The van der Waals surface area contributed by atoms with Crippen molar-refractivity contribution in [2.45, 2.75) is 12.8 Å². The van der Waals surface area contributed by atoms with Gasteiger partial charge in [0.15, 0.2) is 0 Å². The van der Waals surface area contributed by atoms with E-state index in [1.165, 1.54) is 7.11 Å². The number of carbonyl (C=O) groups is 2. The zero-order chi connectivity index (χ0) is 12.5. The lowest BCUT2D eigenvalue weighted by atomic mass is 10.3. The van der Waals surface area contributed by atoms with Gasteiger partial charge in [0.05, 0.1) is 20.1 Å². The number of nitrogens with zero attached hydrogens (tertiary/aromatic N) is 1. The van der Waals surface area contributed by atoms with Crippen molar-refractivity contribution in [1.29, 1.82) is 0 Å². The topological polar surface area (TPSA) is 70.7 Å². The Morgan fingerprint density at radius 1 is 1.35 bits per heavy atom. The van der Waals surface area contributed by atoms with Crippen LogP contribution in [0.5, 0.6) is 0 Å². The molecule has 1 aliphatic rings. The smallest absolute Gasteiger partial charge is 0.307 e. The summed E-state index contributed by atoms with van der Waals surface area (Å²) in [6.07, 6.45) is 1.29. The molecule has 0 atom stereocenters. The van der Waals surface area contributed by atoms with Gasteiger partial charge in [-0.15, -0.1) is 0 Å². The molecule has 0 bridgehead atoms. The molecule has 0 aliphatic carbocycles. The van der Waals surface area contributed by atoms with Crippen LogP contribution in [0.2, 0.25) is 0 Å². The van der Waals surface area contributed by atoms with Crippen LogP contribution >= 0.6 is 0 Å². The first-order valence-electron chi connectivity index (χ1n) is 5.99. The van der Waals surface area contributed by atoms with Gasteiger partial charge in [0.2, 0.25) is 5.91 Å². The predicted molar refractivity (Wildman–Crippen MR) is 63.6 cm³/mol. The van der Waals surface area contributed by atoms with Crippen LogP contribution in [0.3, 0.4) is 0 Å². The van der Waals surface area contributed by atoms with Crippen molar-refractivity contribution in [1.82, 2.24) is 15.5 Å². The molecule has 0 saturated carbocycles. The van der Waals surface area contributed by atoms with Crippen molar-refractivity contribution >= 4 is 11.9 Å². The van der Waals surface area contributed by atoms with Crippen LogP contribution in [0.1, 0.15) is 12.8 Å². The van der Waals surface area contributed by atoms with Gasteiger partial charge in [-0.2, -0.15) is 0 Å². The minimum absolute atomic E-state index is 0.0317. The van der Waals surface area contributed by atoms with E-state index in [9.17, 15) is 9.59 Å². The van der Waals surface area contributed by atoms with E-state index in [0.717, 1.165) is 32.6 Å². The number of hydrogen-bond donors (Lipinski definition) is 2. The van der Waals surface area contributed by atoms with Crippen molar-refractivity contribution in [2.24, 2.45) is 0 Å². The van der Waals surface area contributed by atoms with Crippen molar-refractivity contribution < 1.29 is 14.3 Å². The third-order valence-corrected chi connectivity index (χ3v) is 2.68. The molecule has 0 unspecified atom stereocenters. The van der Waals surface area contributed by atoms with E-state index in [-0.39, 0.29) is 18.3 Å². The Kier molecular flexibility index (Phi) is 6.57. The Hall–Kier alpha value is -1.14. The number of rotatable bonds is 5. The minimum Gasteiger partial charge on any atom is -0.469 e. The summed E-state index contributed by atoms with van der Waals surface area (Å²) in [6, 6.07) is 0. The van der Waals surface area contributed by atoms with Crippen LogP contribution in [-0.2, 0) is 14.3 Å². The third-order valence-electron chi connectivity index (χ3n) is 2.68. The van der Waals surface area contributed by atoms with Gasteiger partial charge >= 0.3 is 5.97 Å². The molecule has 1 saturated heterocycles. The van der Waals surface area contributed by atoms with Gasteiger partial charge in [-0.05, 0) is 19.5 Å². The van der Waals surface area contributed by atoms with E-state index in [1.807, 2.05) is 0 Å². The Bertz CT molecular complexity index is 250. The Labute approximate surface area is 102 Å². The fourth-order valence-corrected chi connectivity index (χ4v) is 1.72. The standard InChI is InChI=1S/C11H21N3O3/c1-17-11(16)3-5-13-10(15)9-14-7-2-4-12-6-8-14/h12H,2-9H2,1H3,(H,13,15). The minimum atomic E-state index is -0.302. The van der Waals surface area contributed by atoms with Crippen LogP contribution in [0.15, 0.2) is 0 Å². The molecule has 0 radical (unpaired) electrons. The summed E-state index contributed by atoms with van der Waals surface area (Å²) in [6.45, 7) is 4.53. The summed E-state index contributed by atoms with van der Waals surface area (Å²) < 4.78 is 4.49. The summed E-state index contributed by atoms with van der Waals surface area (Å²) in [5.74, 6) is -0.333. The van der Waals surface area contributed by atoms with Gasteiger partial charge < -0.3 is 15.4 Å². The lowest BCUT2D eigenvalue weighted by Gasteiger charge is -2.18. The lowest BCUT2D eigenvalue weighted by molar-refractivity contribution is -0.140. The lowest BCUT2D eigenvalue weighted by Crippen LogP contribution is -2.39. The number of nitrogens with one attached hydrogen (secondary N) is 2. The molecular formula is C11H21N3O3. The Morgan fingerprint density at radius 2 is 2.18 bits per heavy atom. The van der Waals surface area contributed by atoms with Crippen LogP contribution in [-0.4, -0.2) is 63.2 Å². The van der Waals surface area contributed by atoms with Crippen molar-refractivity contribution in [3.05, 3.63) is 0 Å². The summed E-state index contributed by atoms with van der Waals surface area (Å²) in [5, 5.41) is 6.00. The normalized spacial score (nSPS) is 17.2. The van der Waals surface area contributed by atoms with E-state index >= 15 is 0 Å². The number of carbonyl (C=O) groups excluding carboxylic acids is 2. The number of hydrogen-bond acceptors (Lipinski definition) is 5. The fraction of sp³-hybridized carbons (Fsp3) is 0.818. The highest BCUT2D eigenvalue weighted by Crippen LogP contribution is 1.94. The molecule has 98 valence electrons. The number of esters is 1. The van der Waals surface area contributed by atoms with Gasteiger partial charge in [-0.25, -0.2) is 0 Å². The second-order valence-electron chi connectivity index (χ2n) is 4.06. The fourth-order valence-electron chi connectivity index (χ4n) is 1.72. The summed E-state index contributed by atoms with van der Waals surface area (Å²) in [7, 11) is 1.34. The van der Waals surface area contributed by atoms with E-state index in [2.05, 4.69) is 20.3 Å². The Balaban J connectivity index is 2.13. The summed E-state index contributed by atoms with van der Waals surface area (Å²) in [5.41, 5.74) is 0. The molecule has 1 amide bonds. The average molecular weight is 243 g/mol. The highest BCUT2D eigenvalue weighted by Gasteiger charge is 2.12. The molecule has 0 aromatic heterocycles. The van der Waals surface area contributed by atoms with Crippen LogP contribution in [0.4, 0.5) is 0 Å². The predicted octanol–water partition coefficient (Wildman–Crippen LogP) is -1.04. The average Bonchev–Trinajstić information content (AvgIpc) is 2.57. The maximum absolute atomic E-state index is 11.6. The SMILES string of the molecule is COC(=O)CCNC(=O)CN1CCCNCC1. The zero-order valence-electron chi connectivity index (χ0n) is 10.3. The van der Waals surface area contributed by atoms with Gasteiger partial charge in [-0.3, -0.25) is 14.5 Å². The second kappa shape index (κ2) is 8.03. The molecule has 1 heterocycles. The van der Waals surface area contributed by atoms with Crippen molar-refractivity contribution in [3.63, 3.8) is 0 Å². The Morgan fingerprint density at radius 3 is 2.94 bits per heavy atom. The monoisotopic (exact) mass is 243 g/mol. The highest BCUT2D eigenvalue weighted by atomic mass is 16.5. The quantitative estimate of drug-likeness (QED) is 0.604. The number of ether oxygens (including phenoxy) is 1. The molecule has 6 heteroatoms. The van der Waals surface area contributed by atoms with Crippen molar-refractivity contribution in [3.8, 4) is 0 Å². The molecule has 6 nitrogen and oxygen atoms in total. The van der Waals surface area contributed by atoms with E-state index in [4.69, 9.17) is 0 Å². The van der Waals surface area contributed by atoms with Crippen LogP contribution < -0.4 is 10.6 Å². The molecule has 0 spiro atoms. The first-order chi connectivity index (χ1) is 8.22. The number of amides is 1. The molecule has 1 aliphatic heterocycles. The van der Waals surface area contributed by atoms with Crippen LogP contribution in [0, 0.1) is 0 Å². The molecule has 0 aromatic rings. The molecule has 17 heavy (non-hydrogen) atoms. The third kappa shape index (κ3) is 6.23. The highest BCUT2D eigenvalue weighted by molar-refractivity contribution is 5.78. The molecule has 0 aromatic carbocycles. The molecule has 1 rings (SSSR count). The first kappa shape index (κ1) is 13.9. The largest absolute Gasteiger partial charge is 0.469 e. The van der Waals surface area contributed by atoms with E-state index < -0.39 is 0 Å². The summed E-state index contributed by atoms with van der Waals surface area (Å²) in [4.78, 5) is 24.5. The first-order valence-corrected chi connectivity index (χ1v) is 5.99.